The molecule has 0 radical (unpaired) electrons. The minimum absolute atomic E-state index is 0.172. The van der Waals surface area contributed by atoms with Crippen molar-refractivity contribution in [2.75, 3.05) is 13.2 Å². The van der Waals surface area contributed by atoms with Crippen molar-refractivity contribution >= 4 is 5.91 Å². The van der Waals surface area contributed by atoms with Gasteiger partial charge in [0.05, 0.1) is 6.61 Å². The molecule has 1 fully saturated rings. The lowest BCUT2D eigenvalue weighted by Gasteiger charge is -2.23. The molecular weight excluding hydrogens is 230 g/mol. The zero-order valence-electron chi connectivity index (χ0n) is 10.3. The molecule has 1 heterocycles. The van der Waals surface area contributed by atoms with Gasteiger partial charge in [-0.1, -0.05) is 18.2 Å². The van der Waals surface area contributed by atoms with Crippen molar-refractivity contribution in [2.45, 2.75) is 25.4 Å². The number of hydrogen-bond acceptors (Lipinski definition) is 4. The van der Waals surface area contributed by atoms with Crippen LogP contribution in [0, 0.1) is 0 Å². The highest BCUT2D eigenvalue weighted by molar-refractivity contribution is 5.95. The zero-order valence-corrected chi connectivity index (χ0v) is 10.3. The van der Waals surface area contributed by atoms with Crippen LogP contribution in [0.15, 0.2) is 24.3 Å². The molecule has 1 saturated heterocycles. The van der Waals surface area contributed by atoms with Crippen molar-refractivity contribution in [3.05, 3.63) is 35.4 Å². The van der Waals surface area contributed by atoms with Gasteiger partial charge in [-0.15, -0.1) is 0 Å². The molecule has 1 aliphatic heterocycles. The summed E-state index contributed by atoms with van der Waals surface area (Å²) in [7, 11) is 0. The summed E-state index contributed by atoms with van der Waals surface area (Å²) in [5, 5.41) is 9.30. The highest BCUT2D eigenvalue weighted by atomic mass is 16.3. The number of nitrogens with one attached hydrogen (secondary N) is 1. The summed E-state index contributed by atoms with van der Waals surface area (Å²) >= 11 is 0. The smallest absolute Gasteiger partial charge is 0.265 e. The van der Waals surface area contributed by atoms with Gasteiger partial charge < -0.3 is 5.11 Å². The Hall–Kier alpha value is -1.43. The summed E-state index contributed by atoms with van der Waals surface area (Å²) in [6.45, 7) is 1.81. The van der Waals surface area contributed by atoms with Gasteiger partial charge in [0.15, 0.2) is 0 Å². The lowest BCUT2D eigenvalue weighted by molar-refractivity contribution is 0.0950. The van der Waals surface area contributed by atoms with Gasteiger partial charge in [0.2, 0.25) is 0 Å². The van der Waals surface area contributed by atoms with Gasteiger partial charge in [-0.25, -0.2) is 5.84 Å². The van der Waals surface area contributed by atoms with E-state index in [1.807, 2.05) is 18.2 Å². The second-order valence-electron chi connectivity index (χ2n) is 4.58. The van der Waals surface area contributed by atoms with Gasteiger partial charge in [0.25, 0.3) is 5.91 Å². The van der Waals surface area contributed by atoms with Crippen LogP contribution >= 0.6 is 0 Å². The second-order valence-corrected chi connectivity index (χ2v) is 4.58. The normalized spacial score (nSPS) is 20.0. The highest BCUT2D eigenvalue weighted by Gasteiger charge is 2.24. The van der Waals surface area contributed by atoms with Crippen molar-refractivity contribution < 1.29 is 9.90 Å². The number of rotatable bonds is 4. The quantitative estimate of drug-likeness (QED) is 0.406. The van der Waals surface area contributed by atoms with E-state index in [1.54, 1.807) is 6.07 Å². The standard InChI is InChI=1S/C13H19N3O2/c14-15-13(18)12-6-2-1-4-10(12)8-16-7-3-5-11(16)9-17/h1-2,4,6,11,17H,3,5,7-9,14H2,(H,15,18). The number of hydrogen-bond donors (Lipinski definition) is 3. The number of aliphatic hydroxyl groups excluding tert-OH is 1. The molecule has 1 aromatic carbocycles. The van der Waals surface area contributed by atoms with Gasteiger partial charge in [-0.2, -0.15) is 0 Å². The summed E-state index contributed by atoms with van der Waals surface area (Å²) in [5.41, 5.74) is 3.71. The summed E-state index contributed by atoms with van der Waals surface area (Å²) in [5.74, 6) is 4.91. The lowest BCUT2D eigenvalue weighted by Crippen LogP contribution is -2.34. The van der Waals surface area contributed by atoms with E-state index in [1.165, 1.54) is 0 Å². The van der Waals surface area contributed by atoms with Crippen LogP contribution in [-0.2, 0) is 6.54 Å². The number of hydrazine groups is 1. The number of nitrogens with zero attached hydrogens (tertiary/aromatic N) is 1. The van der Waals surface area contributed by atoms with Crippen LogP contribution in [0.3, 0.4) is 0 Å². The molecule has 0 aromatic heterocycles. The van der Waals surface area contributed by atoms with E-state index in [0.717, 1.165) is 24.9 Å². The SMILES string of the molecule is NNC(=O)c1ccccc1CN1CCCC1CO. The van der Waals surface area contributed by atoms with Crippen molar-refractivity contribution in [3.63, 3.8) is 0 Å². The monoisotopic (exact) mass is 249 g/mol. The van der Waals surface area contributed by atoms with Gasteiger partial charge in [-0.3, -0.25) is 15.1 Å². The number of amides is 1. The van der Waals surface area contributed by atoms with Crippen molar-refractivity contribution in [1.82, 2.24) is 10.3 Å². The molecule has 5 heteroatoms. The molecule has 0 aliphatic carbocycles. The first-order valence-corrected chi connectivity index (χ1v) is 6.20. The van der Waals surface area contributed by atoms with Crippen molar-refractivity contribution in [1.29, 1.82) is 0 Å². The van der Waals surface area contributed by atoms with Gasteiger partial charge >= 0.3 is 0 Å². The molecule has 1 amide bonds. The largest absolute Gasteiger partial charge is 0.395 e. The summed E-state index contributed by atoms with van der Waals surface area (Å²) < 4.78 is 0. The fourth-order valence-corrected chi connectivity index (χ4v) is 2.49. The number of carbonyl (C=O) groups is 1. The van der Waals surface area contributed by atoms with Gasteiger partial charge in [0.1, 0.15) is 0 Å². The van der Waals surface area contributed by atoms with Crippen LogP contribution in [0.5, 0.6) is 0 Å². The molecule has 0 bridgehead atoms. The van der Waals surface area contributed by atoms with Crippen LogP contribution in [0.2, 0.25) is 0 Å². The molecule has 18 heavy (non-hydrogen) atoms. The number of likely N-dealkylation sites (tertiary alicyclic amines) is 1. The maximum atomic E-state index is 11.7. The van der Waals surface area contributed by atoms with Crippen LogP contribution in [0.4, 0.5) is 0 Å². The third-order valence-electron chi connectivity index (χ3n) is 3.48. The molecule has 4 N–H and O–H groups in total. The number of nitrogens with two attached hydrogens (primary N) is 1. The lowest BCUT2D eigenvalue weighted by atomic mass is 10.1. The van der Waals surface area contributed by atoms with Gasteiger partial charge in [0, 0.05) is 18.2 Å². The molecule has 1 aliphatic rings. The summed E-state index contributed by atoms with van der Waals surface area (Å²) in [6.07, 6.45) is 2.11. The molecule has 1 atom stereocenters. The Bertz CT molecular complexity index is 422. The van der Waals surface area contributed by atoms with E-state index in [-0.39, 0.29) is 18.6 Å². The summed E-state index contributed by atoms with van der Waals surface area (Å²) in [6, 6.07) is 7.63. The Morgan fingerprint density at radius 3 is 3.00 bits per heavy atom. The Balaban J connectivity index is 2.16. The molecular formula is C13H19N3O2. The molecule has 5 nitrogen and oxygen atoms in total. The average Bonchev–Trinajstić information content (AvgIpc) is 2.86. The predicted octanol–water partition coefficient (Wildman–Crippen LogP) is 0.247. The molecule has 0 saturated carbocycles. The third-order valence-corrected chi connectivity index (χ3v) is 3.48. The Kier molecular flexibility index (Phi) is 4.30. The Morgan fingerprint density at radius 1 is 1.50 bits per heavy atom. The van der Waals surface area contributed by atoms with Gasteiger partial charge in [-0.05, 0) is 31.0 Å². The van der Waals surface area contributed by atoms with E-state index < -0.39 is 0 Å². The van der Waals surface area contributed by atoms with E-state index in [0.29, 0.717) is 12.1 Å². The molecule has 2 rings (SSSR count). The minimum Gasteiger partial charge on any atom is -0.395 e. The first-order valence-electron chi connectivity index (χ1n) is 6.20. The van der Waals surface area contributed by atoms with E-state index in [4.69, 9.17) is 5.84 Å². The van der Waals surface area contributed by atoms with E-state index in [9.17, 15) is 9.90 Å². The molecule has 0 spiro atoms. The van der Waals surface area contributed by atoms with E-state index in [2.05, 4.69) is 10.3 Å². The predicted molar refractivity (Wildman–Crippen MR) is 68.6 cm³/mol. The maximum absolute atomic E-state index is 11.7. The fraction of sp³-hybridized carbons (Fsp3) is 0.462. The van der Waals surface area contributed by atoms with Crippen LogP contribution in [-0.4, -0.2) is 35.1 Å². The van der Waals surface area contributed by atoms with Crippen LogP contribution in [0.1, 0.15) is 28.8 Å². The Morgan fingerprint density at radius 2 is 2.28 bits per heavy atom. The molecule has 1 aromatic rings. The third kappa shape index (κ3) is 2.69. The Labute approximate surface area is 107 Å². The van der Waals surface area contributed by atoms with Crippen LogP contribution in [0.25, 0.3) is 0 Å². The van der Waals surface area contributed by atoms with Crippen molar-refractivity contribution in [2.24, 2.45) is 5.84 Å². The number of carbonyl (C=O) groups excluding carboxylic acids is 1. The fourth-order valence-electron chi connectivity index (χ4n) is 2.49. The van der Waals surface area contributed by atoms with E-state index >= 15 is 0 Å². The first-order chi connectivity index (χ1) is 8.76. The number of benzene rings is 1. The second kappa shape index (κ2) is 5.95. The zero-order chi connectivity index (χ0) is 13.0. The first kappa shape index (κ1) is 13.0. The minimum atomic E-state index is -0.273. The maximum Gasteiger partial charge on any atom is 0.265 e. The average molecular weight is 249 g/mol. The number of nitrogen functional groups attached to an aromatic ring is 1. The molecule has 98 valence electrons. The number of aliphatic hydroxyl groups is 1. The van der Waals surface area contributed by atoms with Crippen LogP contribution < -0.4 is 11.3 Å². The van der Waals surface area contributed by atoms with Crippen molar-refractivity contribution in [3.8, 4) is 0 Å². The highest BCUT2D eigenvalue weighted by Crippen LogP contribution is 2.21. The molecule has 1 unspecified atom stereocenters. The summed E-state index contributed by atoms with van der Waals surface area (Å²) in [4.78, 5) is 13.9. The topological polar surface area (TPSA) is 78.6 Å².